The number of hydrogen-bond acceptors (Lipinski definition) is 0. The van der Waals surface area contributed by atoms with Crippen LogP contribution in [0.25, 0.3) is 0 Å². The number of benzene rings is 1. The molecule has 1 aromatic rings. The molecule has 0 radical (unpaired) electrons. The lowest BCUT2D eigenvalue weighted by molar-refractivity contribution is 0.682. The third-order valence-corrected chi connectivity index (χ3v) is 2.92. The number of rotatable bonds is 3. The van der Waals surface area contributed by atoms with Crippen LogP contribution in [0.5, 0.6) is 0 Å². The summed E-state index contributed by atoms with van der Waals surface area (Å²) >= 11 is 3.54. The highest BCUT2D eigenvalue weighted by atomic mass is 79.9. The Kier molecular flexibility index (Phi) is 4.05. The van der Waals surface area contributed by atoms with E-state index in [4.69, 9.17) is 6.42 Å². The normalized spacial score (nSPS) is 12.1. The number of terminal acetylenes is 1. The number of halogens is 1. The van der Waals surface area contributed by atoms with Crippen molar-refractivity contribution in [3.8, 4) is 12.3 Å². The van der Waals surface area contributed by atoms with Gasteiger partial charge in [0.25, 0.3) is 0 Å². The summed E-state index contributed by atoms with van der Waals surface area (Å²) in [6.07, 6.45) is 7.24. The van der Waals surface area contributed by atoms with Gasteiger partial charge in [0.2, 0.25) is 0 Å². The first-order valence-corrected chi connectivity index (χ1v) is 5.26. The minimum Gasteiger partial charge on any atom is -0.120 e. The molecule has 0 bridgehead atoms. The second-order valence-electron chi connectivity index (χ2n) is 3.03. The zero-order valence-electron chi connectivity index (χ0n) is 7.76. The summed E-state index contributed by atoms with van der Waals surface area (Å²) in [4.78, 5) is 0. The van der Waals surface area contributed by atoms with Gasteiger partial charge >= 0.3 is 0 Å². The van der Waals surface area contributed by atoms with Crippen LogP contribution < -0.4 is 0 Å². The van der Waals surface area contributed by atoms with Gasteiger partial charge in [0.05, 0.1) is 0 Å². The van der Waals surface area contributed by atoms with Gasteiger partial charge in [-0.2, -0.15) is 0 Å². The third kappa shape index (κ3) is 2.60. The zero-order chi connectivity index (χ0) is 9.68. The Bertz CT molecular complexity index is 309. The molecule has 0 aromatic heterocycles. The molecule has 0 aliphatic heterocycles. The lowest BCUT2D eigenvalue weighted by Gasteiger charge is -2.13. The van der Waals surface area contributed by atoms with Crippen LogP contribution in [0.1, 0.15) is 31.2 Å². The fourth-order valence-corrected chi connectivity index (χ4v) is 2.03. The Morgan fingerprint density at radius 2 is 2.15 bits per heavy atom. The summed E-state index contributed by atoms with van der Waals surface area (Å²) in [6, 6.07) is 8.28. The summed E-state index contributed by atoms with van der Waals surface area (Å²) in [5.41, 5.74) is 1.32. The molecule has 1 heteroatoms. The molecule has 0 aliphatic rings. The predicted molar refractivity (Wildman–Crippen MR) is 60.6 cm³/mol. The Balaban J connectivity index is 2.92. The van der Waals surface area contributed by atoms with Crippen molar-refractivity contribution in [1.29, 1.82) is 0 Å². The van der Waals surface area contributed by atoms with Crippen molar-refractivity contribution in [3.63, 3.8) is 0 Å². The van der Waals surface area contributed by atoms with E-state index in [0.29, 0.717) is 5.92 Å². The van der Waals surface area contributed by atoms with Gasteiger partial charge in [-0.05, 0) is 24.0 Å². The molecule has 13 heavy (non-hydrogen) atoms. The molecule has 0 saturated carbocycles. The van der Waals surface area contributed by atoms with Gasteiger partial charge in [0.1, 0.15) is 0 Å². The minimum atomic E-state index is 0.487. The quantitative estimate of drug-likeness (QED) is 0.698. The molecule has 1 aromatic carbocycles. The van der Waals surface area contributed by atoms with E-state index in [2.05, 4.69) is 47.0 Å². The first-order valence-electron chi connectivity index (χ1n) is 4.47. The van der Waals surface area contributed by atoms with Gasteiger partial charge in [0, 0.05) is 10.9 Å². The van der Waals surface area contributed by atoms with E-state index in [-0.39, 0.29) is 0 Å². The summed E-state index contributed by atoms with van der Waals surface area (Å²) in [6.45, 7) is 2.17. The molecule has 68 valence electrons. The molecule has 0 N–H and O–H groups in total. The van der Waals surface area contributed by atoms with Crippen LogP contribution in [-0.2, 0) is 0 Å². The van der Waals surface area contributed by atoms with Crippen molar-refractivity contribution in [3.05, 3.63) is 34.3 Å². The first kappa shape index (κ1) is 10.3. The molecule has 0 aliphatic carbocycles. The van der Waals surface area contributed by atoms with Gasteiger partial charge in [-0.3, -0.25) is 0 Å². The van der Waals surface area contributed by atoms with Crippen LogP contribution in [0.3, 0.4) is 0 Å². The van der Waals surface area contributed by atoms with Crippen molar-refractivity contribution in [2.45, 2.75) is 25.7 Å². The van der Waals surface area contributed by atoms with Crippen molar-refractivity contribution >= 4 is 15.9 Å². The summed E-state index contributed by atoms with van der Waals surface area (Å²) in [5.74, 6) is 3.21. The van der Waals surface area contributed by atoms with Gasteiger partial charge in [-0.25, -0.2) is 0 Å². The van der Waals surface area contributed by atoms with E-state index >= 15 is 0 Å². The molecule has 1 atom stereocenters. The van der Waals surface area contributed by atoms with Crippen molar-refractivity contribution in [2.24, 2.45) is 0 Å². The molecule has 0 heterocycles. The van der Waals surface area contributed by atoms with Gasteiger partial charge in [-0.1, -0.05) is 41.1 Å². The number of hydrogen-bond donors (Lipinski definition) is 0. The fourth-order valence-electron chi connectivity index (χ4n) is 1.42. The lowest BCUT2D eigenvalue weighted by Crippen LogP contribution is -1.96. The largest absolute Gasteiger partial charge is 0.120 e. The average Bonchev–Trinajstić information content (AvgIpc) is 2.16. The standard InChI is InChI=1S/C12H13Br/c1-3-7-10(4-2)11-8-5-6-9-12(11)13/h1,5-6,8-10H,4,7H2,2H3. The maximum absolute atomic E-state index is 5.33. The fraction of sp³-hybridized carbons (Fsp3) is 0.333. The van der Waals surface area contributed by atoms with E-state index in [1.807, 2.05) is 6.07 Å². The maximum Gasteiger partial charge on any atom is 0.0210 e. The average molecular weight is 237 g/mol. The highest BCUT2D eigenvalue weighted by Gasteiger charge is 2.10. The van der Waals surface area contributed by atoms with Crippen LogP contribution in [0.15, 0.2) is 28.7 Å². The second-order valence-corrected chi connectivity index (χ2v) is 3.89. The first-order chi connectivity index (χ1) is 6.29. The Morgan fingerprint density at radius 3 is 2.69 bits per heavy atom. The Morgan fingerprint density at radius 1 is 1.46 bits per heavy atom. The smallest absolute Gasteiger partial charge is 0.0210 e. The molecule has 0 saturated heterocycles. The van der Waals surface area contributed by atoms with E-state index < -0.39 is 0 Å². The summed E-state index contributed by atoms with van der Waals surface area (Å²) in [7, 11) is 0. The lowest BCUT2D eigenvalue weighted by atomic mass is 9.94. The molecular formula is C12H13Br. The third-order valence-electron chi connectivity index (χ3n) is 2.20. The Labute approximate surface area is 88.5 Å². The van der Waals surface area contributed by atoms with E-state index in [1.165, 1.54) is 5.56 Å². The topological polar surface area (TPSA) is 0 Å². The summed E-state index contributed by atoms with van der Waals surface area (Å²) < 4.78 is 1.16. The van der Waals surface area contributed by atoms with Crippen molar-refractivity contribution in [2.75, 3.05) is 0 Å². The van der Waals surface area contributed by atoms with Crippen molar-refractivity contribution in [1.82, 2.24) is 0 Å². The molecular weight excluding hydrogens is 224 g/mol. The van der Waals surface area contributed by atoms with Crippen LogP contribution >= 0.6 is 15.9 Å². The molecule has 0 nitrogen and oxygen atoms in total. The molecule has 0 spiro atoms. The molecule has 1 rings (SSSR count). The predicted octanol–water partition coefficient (Wildman–Crippen LogP) is 3.97. The summed E-state index contributed by atoms with van der Waals surface area (Å²) in [5, 5.41) is 0. The monoisotopic (exact) mass is 236 g/mol. The maximum atomic E-state index is 5.33. The van der Waals surface area contributed by atoms with Crippen LogP contribution in [0.2, 0.25) is 0 Å². The van der Waals surface area contributed by atoms with Gasteiger partial charge in [-0.15, -0.1) is 12.3 Å². The highest BCUT2D eigenvalue weighted by Crippen LogP contribution is 2.29. The molecule has 1 unspecified atom stereocenters. The van der Waals surface area contributed by atoms with E-state index in [1.54, 1.807) is 0 Å². The van der Waals surface area contributed by atoms with Crippen LogP contribution in [0.4, 0.5) is 0 Å². The van der Waals surface area contributed by atoms with Gasteiger partial charge in [0.15, 0.2) is 0 Å². The Hall–Kier alpha value is -0.740. The van der Waals surface area contributed by atoms with Crippen LogP contribution in [0, 0.1) is 12.3 Å². The SMILES string of the molecule is C#CCC(CC)c1ccccc1Br. The van der Waals surface area contributed by atoms with Crippen LogP contribution in [-0.4, -0.2) is 0 Å². The minimum absolute atomic E-state index is 0.487. The van der Waals surface area contributed by atoms with Gasteiger partial charge < -0.3 is 0 Å². The van der Waals surface area contributed by atoms with Crippen molar-refractivity contribution < 1.29 is 0 Å². The van der Waals surface area contributed by atoms with E-state index in [9.17, 15) is 0 Å². The second kappa shape index (κ2) is 5.09. The highest BCUT2D eigenvalue weighted by molar-refractivity contribution is 9.10. The zero-order valence-corrected chi connectivity index (χ0v) is 9.34. The molecule has 0 fully saturated rings. The molecule has 0 amide bonds. The van der Waals surface area contributed by atoms with E-state index in [0.717, 1.165) is 17.3 Å².